The van der Waals surface area contributed by atoms with E-state index in [1.165, 1.54) is 34.0 Å². The second-order valence-electron chi connectivity index (χ2n) is 9.79. The van der Waals surface area contributed by atoms with Gasteiger partial charge < -0.3 is 4.90 Å². The Morgan fingerprint density at radius 2 is 2.10 bits per heavy atom. The molecule has 0 radical (unpaired) electrons. The Morgan fingerprint density at radius 1 is 1.30 bits per heavy atom. The van der Waals surface area contributed by atoms with Gasteiger partial charge in [0, 0.05) is 48.1 Å². The van der Waals surface area contributed by atoms with Gasteiger partial charge in [0.05, 0.1) is 17.2 Å². The summed E-state index contributed by atoms with van der Waals surface area (Å²) in [4.78, 5) is 28.5. The number of carbonyl (C=O) groups is 1. The third-order valence-electron chi connectivity index (χ3n) is 6.99. The van der Waals surface area contributed by atoms with E-state index in [1.807, 2.05) is 29.8 Å². The molecule has 6 heteroatoms. The van der Waals surface area contributed by atoms with Crippen LogP contribution < -0.4 is 0 Å². The lowest BCUT2D eigenvalue weighted by Crippen LogP contribution is -2.53. The van der Waals surface area contributed by atoms with Crippen LogP contribution in [0.15, 0.2) is 24.5 Å². The Kier molecular flexibility index (Phi) is 5.40. The average Bonchev–Trinajstić information content (AvgIpc) is 3.44. The molecule has 5 nitrogen and oxygen atoms in total. The Hall–Kier alpha value is -1.79. The number of hydrogen-bond donors (Lipinski definition) is 0. The van der Waals surface area contributed by atoms with Crippen LogP contribution in [0.3, 0.4) is 0 Å². The summed E-state index contributed by atoms with van der Waals surface area (Å²) in [5.41, 5.74) is 2.62. The van der Waals surface area contributed by atoms with Gasteiger partial charge in [0.25, 0.3) is 0 Å². The van der Waals surface area contributed by atoms with Crippen LogP contribution in [0.2, 0.25) is 0 Å². The van der Waals surface area contributed by atoms with E-state index in [9.17, 15) is 4.79 Å². The first-order valence-electron chi connectivity index (χ1n) is 11.4. The van der Waals surface area contributed by atoms with E-state index in [0.717, 1.165) is 52.0 Å². The molecule has 1 aliphatic carbocycles. The van der Waals surface area contributed by atoms with Gasteiger partial charge in [-0.05, 0) is 56.3 Å². The van der Waals surface area contributed by atoms with E-state index in [1.54, 1.807) is 0 Å². The van der Waals surface area contributed by atoms with Gasteiger partial charge in [-0.3, -0.25) is 14.7 Å². The molecule has 2 aliphatic heterocycles. The van der Waals surface area contributed by atoms with E-state index in [4.69, 9.17) is 4.98 Å². The third kappa shape index (κ3) is 4.04. The summed E-state index contributed by atoms with van der Waals surface area (Å²) in [5.74, 6) is 1.45. The predicted octanol–water partition coefficient (Wildman–Crippen LogP) is 4.34. The van der Waals surface area contributed by atoms with Crippen LogP contribution in [-0.2, 0) is 23.3 Å². The third-order valence-corrected chi connectivity index (χ3v) is 8.33. The summed E-state index contributed by atoms with van der Waals surface area (Å²) in [7, 11) is 0. The van der Waals surface area contributed by atoms with Crippen molar-refractivity contribution in [3.8, 4) is 0 Å². The summed E-state index contributed by atoms with van der Waals surface area (Å²) in [6.07, 6.45) is 9.17. The van der Waals surface area contributed by atoms with Gasteiger partial charge in [-0.1, -0.05) is 19.9 Å². The maximum atomic E-state index is 13.0. The molecule has 5 rings (SSSR count). The number of fused-ring (bicyclic) bond motifs is 2. The molecule has 0 unspecified atom stereocenters. The van der Waals surface area contributed by atoms with Gasteiger partial charge in [0.1, 0.15) is 0 Å². The molecule has 160 valence electrons. The highest BCUT2D eigenvalue weighted by molar-refractivity contribution is 7.11. The zero-order valence-electron chi connectivity index (χ0n) is 18.1. The zero-order chi connectivity index (χ0) is 20.7. The van der Waals surface area contributed by atoms with Crippen molar-refractivity contribution in [2.24, 2.45) is 5.92 Å². The minimum atomic E-state index is 0.0296. The van der Waals surface area contributed by atoms with Gasteiger partial charge in [0.2, 0.25) is 5.91 Å². The number of aromatic nitrogens is 2. The second-order valence-corrected chi connectivity index (χ2v) is 10.9. The van der Waals surface area contributed by atoms with Crippen LogP contribution in [-0.4, -0.2) is 45.3 Å². The van der Waals surface area contributed by atoms with Crippen LogP contribution in [0.5, 0.6) is 0 Å². The molecular weight excluding hydrogens is 392 g/mol. The van der Waals surface area contributed by atoms with Gasteiger partial charge in [-0.15, -0.1) is 11.3 Å². The fourth-order valence-corrected chi connectivity index (χ4v) is 6.17. The van der Waals surface area contributed by atoms with Crippen molar-refractivity contribution in [1.82, 2.24) is 19.8 Å². The molecule has 1 amide bonds. The molecule has 4 heterocycles. The maximum absolute atomic E-state index is 13.0. The van der Waals surface area contributed by atoms with Crippen molar-refractivity contribution in [3.63, 3.8) is 0 Å². The first-order chi connectivity index (χ1) is 14.5. The van der Waals surface area contributed by atoms with Crippen LogP contribution in [0.4, 0.5) is 0 Å². The Labute approximate surface area is 183 Å². The molecule has 0 atom stereocenters. The molecule has 3 aliphatic rings. The number of amides is 1. The Morgan fingerprint density at radius 3 is 2.77 bits per heavy atom. The van der Waals surface area contributed by atoms with E-state index in [-0.39, 0.29) is 5.41 Å². The standard InChI is InChI=1S/C24H32N4OS/c1-17(2)23-26-22-20(30-23)15-28(21(29)12-18-5-6-18)16-24(22)7-10-27(11-8-24)14-19-4-3-9-25-13-19/h3-4,9,13,17-18H,5-8,10-12,14-16H2,1-2H3. The van der Waals surface area contributed by atoms with Crippen LogP contribution in [0.1, 0.15) is 73.0 Å². The first-order valence-corrected chi connectivity index (χ1v) is 12.2. The molecule has 30 heavy (non-hydrogen) atoms. The number of rotatable bonds is 5. The lowest BCUT2D eigenvalue weighted by atomic mass is 9.72. The fourth-order valence-electron chi connectivity index (χ4n) is 4.97. The van der Waals surface area contributed by atoms with Gasteiger partial charge in [0.15, 0.2) is 0 Å². The summed E-state index contributed by atoms with van der Waals surface area (Å²) in [6.45, 7) is 9.13. The zero-order valence-corrected chi connectivity index (χ0v) is 19.0. The van der Waals surface area contributed by atoms with Crippen molar-refractivity contribution in [2.45, 2.75) is 70.4 Å². The molecule has 2 fully saturated rings. The van der Waals surface area contributed by atoms with E-state index >= 15 is 0 Å². The average molecular weight is 425 g/mol. The van der Waals surface area contributed by atoms with Crippen LogP contribution in [0, 0.1) is 5.92 Å². The molecule has 1 spiro atoms. The van der Waals surface area contributed by atoms with Crippen molar-refractivity contribution in [3.05, 3.63) is 45.7 Å². The molecule has 1 saturated carbocycles. The van der Waals surface area contributed by atoms with Crippen molar-refractivity contribution < 1.29 is 4.79 Å². The lowest BCUT2D eigenvalue weighted by Gasteiger charge is -2.46. The summed E-state index contributed by atoms with van der Waals surface area (Å²) < 4.78 is 0. The molecular formula is C24H32N4OS. The highest BCUT2D eigenvalue weighted by Gasteiger charge is 2.46. The Bertz CT molecular complexity index is 897. The minimum Gasteiger partial charge on any atom is -0.337 e. The van der Waals surface area contributed by atoms with Crippen molar-refractivity contribution in [2.75, 3.05) is 19.6 Å². The number of hydrogen-bond acceptors (Lipinski definition) is 5. The molecule has 0 N–H and O–H groups in total. The van der Waals surface area contributed by atoms with Crippen molar-refractivity contribution in [1.29, 1.82) is 0 Å². The van der Waals surface area contributed by atoms with Crippen molar-refractivity contribution >= 4 is 17.2 Å². The predicted molar refractivity (Wildman–Crippen MR) is 119 cm³/mol. The lowest BCUT2D eigenvalue weighted by molar-refractivity contribution is -0.134. The number of thiazole rings is 1. The Balaban J connectivity index is 1.36. The van der Waals surface area contributed by atoms with Gasteiger partial charge in [-0.2, -0.15) is 0 Å². The minimum absolute atomic E-state index is 0.0296. The number of piperidine rings is 1. The number of nitrogens with zero attached hydrogens (tertiary/aromatic N) is 4. The molecule has 2 aromatic rings. The number of likely N-dealkylation sites (tertiary alicyclic amines) is 1. The monoisotopic (exact) mass is 424 g/mol. The number of pyridine rings is 1. The quantitative estimate of drug-likeness (QED) is 0.717. The van der Waals surface area contributed by atoms with E-state index < -0.39 is 0 Å². The highest BCUT2D eigenvalue weighted by atomic mass is 32.1. The van der Waals surface area contributed by atoms with E-state index in [2.05, 4.69) is 34.7 Å². The summed E-state index contributed by atoms with van der Waals surface area (Å²) >= 11 is 1.84. The second kappa shape index (κ2) is 8.04. The SMILES string of the molecule is CC(C)c1nc2c(s1)CN(C(=O)CC1CC1)CC21CCN(Cc2cccnc2)CC1. The largest absolute Gasteiger partial charge is 0.337 e. The first kappa shape index (κ1) is 20.1. The number of carbonyl (C=O) groups excluding carboxylic acids is 1. The fraction of sp³-hybridized carbons (Fsp3) is 0.625. The molecule has 0 aromatic carbocycles. The van der Waals surface area contributed by atoms with Crippen LogP contribution in [0.25, 0.3) is 0 Å². The van der Waals surface area contributed by atoms with Gasteiger partial charge >= 0.3 is 0 Å². The topological polar surface area (TPSA) is 49.3 Å². The normalized spacial score (nSPS) is 21.2. The summed E-state index contributed by atoms with van der Waals surface area (Å²) in [6, 6.07) is 4.17. The van der Waals surface area contributed by atoms with Gasteiger partial charge in [-0.25, -0.2) is 4.98 Å². The molecule has 0 bridgehead atoms. The molecule has 1 saturated heterocycles. The van der Waals surface area contributed by atoms with Crippen LogP contribution >= 0.6 is 11.3 Å². The molecule has 2 aromatic heterocycles. The maximum Gasteiger partial charge on any atom is 0.223 e. The highest BCUT2D eigenvalue weighted by Crippen LogP contribution is 2.45. The van der Waals surface area contributed by atoms with E-state index in [0.29, 0.717) is 17.7 Å². The smallest absolute Gasteiger partial charge is 0.223 e. The summed E-state index contributed by atoms with van der Waals surface area (Å²) in [5, 5.41) is 1.23.